The Balaban J connectivity index is 1.41. The van der Waals surface area contributed by atoms with Gasteiger partial charge in [-0.1, -0.05) is 24.3 Å². The summed E-state index contributed by atoms with van der Waals surface area (Å²) in [6.07, 6.45) is 5.87. The van der Waals surface area contributed by atoms with Crippen LogP contribution in [0.15, 0.2) is 60.1 Å². The molecule has 3 rings (SSSR count). The highest BCUT2D eigenvalue weighted by molar-refractivity contribution is 7.10. The lowest BCUT2D eigenvalue weighted by Gasteiger charge is -2.08. The Hall–Kier alpha value is -2.66. The fourth-order valence-electron chi connectivity index (χ4n) is 2.26. The minimum absolute atomic E-state index is 0.0878. The summed E-state index contributed by atoms with van der Waals surface area (Å²) < 4.78 is 5.79. The Morgan fingerprint density at radius 2 is 2.12 bits per heavy atom. The van der Waals surface area contributed by atoms with Gasteiger partial charge in [0.05, 0.1) is 6.61 Å². The average molecular weight is 338 g/mol. The molecule has 0 atom stereocenters. The van der Waals surface area contributed by atoms with Gasteiger partial charge in [-0.05, 0) is 36.1 Å². The van der Waals surface area contributed by atoms with Gasteiger partial charge in [-0.15, -0.1) is 11.3 Å². The number of rotatable bonds is 7. The predicted octanol–water partition coefficient (Wildman–Crippen LogP) is 3.89. The van der Waals surface area contributed by atoms with Crippen LogP contribution in [0.3, 0.4) is 0 Å². The smallest absolute Gasteiger partial charge is 0.244 e. The Bertz CT molecular complexity index is 823. The maximum atomic E-state index is 11.7. The fraction of sp³-hybridized carbons (Fsp3) is 0.158. The van der Waals surface area contributed by atoms with Gasteiger partial charge in [0.2, 0.25) is 5.91 Å². The van der Waals surface area contributed by atoms with Crippen LogP contribution in [0.4, 0.5) is 0 Å². The quantitative estimate of drug-likeness (QED) is 0.525. The molecule has 0 fully saturated rings. The standard InChI is InChI=1S/C19H18N2O2S/c22-18(10-9-16-7-3-14-24-16)20-12-4-13-23-17-8-1-5-15-6-2-11-21-19(15)17/h1-3,5-11,14H,4,12-13H2,(H,20,22). The van der Waals surface area contributed by atoms with Gasteiger partial charge < -0.3 is 10.1 Å². The van der Waals surface area contributed by atoms with Crippen LogP contribution < -0.4 is 10.1 Å². The molecule has 5 heteroatoms. The number of pyridine rings is 1. The summed E-state index contributed by atoms with van der Waals surface area (Å²) in [5.74, 6) is 0.687. The van der Waals surface area contributed by atoms with Crippen LogP contribution in [0, 0.1) is 0 Å². The first kappa shape index (κ1) is 16.2. The lowest BCUT2D eigenvalue weighted by molar-refractivity contribution is -0.116. The number of ether oxygens (including phenoxy) is 1. The van der Waals surface area contributed by atoms with Crippen LogP contribution in [-0.2, 0) is 4.79 Å². The highest BCUT2D eigenvalue weighted by Crippen LogP contribution is 2.22. The van der Waals surface area contributed by atoms with Gasteiger partial charge in [0.1, 0.15) is 11.3 Å². The monoisotopic (exact) mass is 338 g/mol. The van der Waals surface area contributed by atoms with Crippen molar-refractivity contribution in [3.05, 3.63) is 65.0 Å². The van der Waals surface area contributed by atoms with E-state index >= 15 is 0 Å². The molecule has 24 heavy (non-hydrogen) atoms. The number of hydrogen-bond acceptors (Lipinski definition) is 4. The minimum Gasteiger partial charge on any atom is -0.491 e. The highest BCUT2D eigenvalue weighted by atomic mass is 32.1. The van der Waals surface area contributed by atoms with Crippen LogP contribution in [0.2, 0.25) is 0 Å². The number of hydrogen-bond donors (Lipinski definition) is 1. The number of para-hydroxylation sites is 1. The number of carbonyl (C=O) groups excluding carboxylic acids is 1. The van der Waals surface area contributed by atoms with E-state index in [0.29, 0.717) is 13.2 Å². The maximum Gasteiger partial charge on any atom is 0.244 e. The van der Waals surface area contributed by atoms with Gasteiger partial charge in [-0.2, -0.15) is 0 Å². The summed E-state index contributed by atoms with van der Waals surface area (Å²) >= 11 is 1.60. The first-order valence-electron chi connectivity index (χ1n) is 7.79. The largest absolute Gasteiger partial charge is 0.491 e. The van der Waals surface area contributed by atoms with Crippen molar-refractivity contribution in [3.8, 4) is 5.75 Å². The average Bonchev–Trinajstić information content (AvgIpc) is 3.13. The molecule has 0 aliphatic rings. The Labute approximate surface area is 144 Å². The van der Waals surface area contributed by atoms with Crippen molar-refractivity contribution in [2.75, 3.05) is 13.2 Å². The van der Waals surface area contributed by atoms with Crippen molar-refractivity contribution in [3.63, 3.8) is 0 Å². The zero-order valence-corrected chi connectivity index (χ0v) is 14.0. The normalized spacial score (nSPS) is 11.0. The van der Waals surface area contributed by atoms with Gasteiger partial charge >= 0.3 is 0 Å². The second kappa shape index (κ2) is 8.26. The second-order valence-corrected chi connectivity index (χ2v) is 6.15. The number of benzene rings is 1. The van der Waals surface area contributed by atoms with E-state index < -0.39 is 0 Å². The second-order valence-electron chi connectivity index (χ2n) is 5.17. The third-order valence-electron chi connectivity index (χ3n) is 3.42. The number of thiophene rings is 1. The number of nitrogens with zero attached hydrogens (tertiary/aromatic N) is 1. The maximum absolute atomic E-state index is 11.7. The highest BCUT2D eigenvalue weighted by Gasteiger charge is 2.02. The van der Waals surface area contributed by atoms with Crippen molar-refractivity contribution < 1.29 is 9.53 Å². The third kappa shape index (κ3) is 4.43. The van der Waals surface area contributed by atoms with Crippen molar-refractivity contribution in [2.24, 2.45) is 0 Å². The molecular formula is C19H18N2O2S. The molecule has 0 radical (unpaired) electrons. The molecule has 0 spiro atoms. The topological polar surface area (TPSA) is 51.2 Å². The summed E-state index contributed by atoms with van der Waals surface area (Å²) in [7, 11) is 0. The Kier molecular flexibility index (Phi) is 5.58. The van der Waals surface area contributed by atoms with E-state index in [0.717, 1.165) is 28.0 Å². The van der Waals surface area contributed by atoms with E-state index in [4.69, 9.17) is 4.74 Å². The van der Waals surface area contributed by atoms with Gasteiger partial charge in [0, 0.05) is 29.1 Å². The van der Waals surface area contributed by atoms with Gasteiger partial charge in [-0.25, -0.2) is 0 Å². The molecule has 4 nitrogen and oxygen atoms in total. The molecule has 0 aliphatic carbocycles. The predicted molar refractivity (Wildman–Crippen MR) is 98.2 cm³/mol. The number of amides is 1. The zero-order chi connectivity index (χ0) is 16.6. The molecule has 1 aromatic carbocycles. The summed E-state index contributed by atoms with van der Waals surface area (Å²) in [4.78, 5) is 17.1. The van der Waals surface area contributed by atoms with E-state index in [1.165, 1.54) is 0 Å². The van der Waals surface area contributed by atoms with Crippen molar-refractivity contribution in [1.82, 2.24) is 10.3 Å². The molecule has 0 bridgehead atoms. The van der Waals surface area contributed by atoms with E-state index in [-0.39, 0.29) is 5.91 Å². The fourth-order valence-corrected chi connectivity index (χ4v) is 2.88. The summed E-state index contributed by atoms with van der Waals surface area (Å²) in [6, 6.07) is 13.7. The van der Waals surface area contributed by atoms with Crippen molar-refractivity contribution >= 4 is 34.2 Å². The summed E-state index contributed by atoms with van der Waals surface area (Å²) in [5, 5.41) is 5.89. The Morgan fingerprint density at radius 1 is 1.21 bits per heavy atom. The van der Waals surface area contributed by atoms with Gasteiger partial charge in [0.25, 0.3) is 0 Å². The van der Waals surface area contributed by atoms with Crippen LogP contribution in [0.5, 0.6) is 5.75 Å². The zero-order valence-electron chi connectivity index (χ0n) is 13.1. The molecule has 0 aliphatic heterocycles. The van der Waals surface area contributed by atoms with E-state index in [1.54, 1.807) is 23.6 Å². The molecular weight excluding hydrogens is 320 g/mol. The summed E-state index contributed by atoms with van der Waals surface area (Å²) in [6.45, 7) is 1.11. The summed E-state index contributed by atoms with van der Waals surface area (Å²) in [5.41, 5.74) is 0.864. The number of nitrogens with one attached hydrogen (secondary N) is 1. The van der Waals surface area contributed by atoms with E-state index in [1.807, 2.05) is 53.9 Å². The lowest BCUT2D eigenvalue weighted by Crippen LogP contribution is -2.23. The van der Waals surface area contributed by atoms with E-state index in [9.17, 15) is 4.79 Å². The molecule has 122 valence electrons. The van der Waals surface area contributed by atoms with Crippen LogP contribution >= 0.6 is 11.3 Å². The van der Waals surface area contributed by atoms with Crippen LogP contribution in [0.1, 0.15) is 11.3 Å². The molecule has 3 aromatic rings. The first-order valence-corrected chi connectivity index (χ1v) is 8.67. The Morgan fingerprint density at radius 3 is 3.00 bits per heavy atom. The lowest BCUT2D eigenvalue weighted by atomic mass is 10.2. The van der Waals surface area contributed by atoms with Gasteiger partial charge in [0.15, 0.2) is 0 Å². The minimum atomic E-state index is -0.0878. The molecule has 0 saturated heterocycles. The third-order valence-corrected chi connectivity index (χ3v) is 4.25. The molecule has 0 saturated carbocycles. The first-order chi connectivity index (χ1) is 11.8. The SMILES string of the molecule is O=C(C=Cc1cccs1)NCCCOc1cccc2cccnc12. The number of aromatic nitrogens is 1. The van der Waals surface area contributed by atoms with Crippen LogP contribution in [-0.4, -0.2) is 24.0 Å². The molecule has 1 amide bonds. The molecule has 2 heterocycles. The van der Waals surface area contributed by atoms with Crippen molar-refractivity contribution in [1.29, 1.82) is 0 Å². The molecule has 0 unspecified atom stereocenters. The van der Waals surface area contributed by atoms with Gasteiger partial charge in [-0.3, -0.25) is 9.78 Å². The van der Waals surface area contributed by atoms with Crippen molar-refractivity contribution in [2.45, 2.75) is 6.42 Å². The molecule has 1 N–H and O–H groups in total. The molecule has 2 aromatic heterocycles. The van der Waals surface area contributed by atoms with E-state index in [2.05, 4.69) is 10.3 Å². The number of fused-ring (bicyclic) bond motifs is 1. The van der Waals surface area contributed by atoms with Crippen LogP contribution in [0.25, 0.3) is 17.0 Å². The number of carbonyl (C=O) groups is 1.